The third kappa shape index (κ3) is 5.02. The van der Waals surface area contributed by atoms with Crippen molar-refractivity contribution in [3.05, 3.63) is 0 Å². The maximum Gasteiger partial charge on any atom is 0.317 e. The molecule has 0 saturated carbocycles. The zero-order valence-electron chi connectivity index (χ0n) is 13.1. The third-order valence-electron chi connectivity index (χ3n) is 4.01. The summed E-state index contributed by atoms with van der Waals surface area (Å²) < 4.78 is 0. The quantitative estimate of drug-likeness (QED) is 0.787. The second-order valence-corrected chi connectivity index (χ2v) is 6.50. The number of aliphatic carboxylic acids is 1. The summed E-state index contributed by atoms with van der Waals surface area (Å²) in [7, 11) is 0. The summed E-state index contributed by atoms with van der Waals surface area (Å²) in [5, 5.41) is 12.0. The maximum atomic E-state index is 12.1. The fourth-order valence-electron chi connectivity index (χ4n) is 2.66. The maximum absolute atomic E-state index is 12.1. The highest BCUT2D eigenvalue weighted by atomic mass is 16.4. The zero-order chi connectivity index (χ0) is 15.3. The Morgan fingerprint density at radius 1 is 1.25 bits per heavy atom. The van der Waals surface area contributed by atoms with Crippen molar-refractivity contribution < 1.29 is 14.7 Å². The van der Waals surface area contributed by atoms with Gasteiger partial charge >= 0.3 is 12.0 Å². The van der Waals surface area contributed by atoms with Gasteiger partial charge in [-0.25, -0.2) is 4.79 Å². The predicted molar refractivity (Wildman–Crippen MR) is 78.5 cm³/mol. The van der Waals surface area contributed by atoms with Gasteiger partial charge < -0.3 is 15.3 Å². The number of nitrogens with one attached hydrogen (secondary N) is 1. The minimum atomic E-state index is -0.808. The van der Waals surface area contributed by atoms with Crippen molar-refractivity contribution in [3.8, 4) is 0 Å². The Bertz CT molecular complexity index is 344. The molecule has 5 heteroatoms. The van der Waals surface area contributed by atoms with E-state index in [-0.39, 0.29) is 18.0 Å². The summed E-state index contributed by atoms with van der Waals surface area (Å²) in [5.74, 6) is -0.530. The van der Waals surface area contributed by atoms with Crippen LogP contribution in [0.25, 0.3) is 0 Å². The monoisotopic (exact) mass is 284 g/mol. The minimum Gasteiger partial charge on any atom is -0.481 e. The molecule has 116 valence electrons. The molecular formula is C15H28N2O3. The van der Waals surface area contributed by atoms with Gasteiger partial charge in [0.15, 0.2) is 0 Å². The van der Waals surface area contributed by atoms with Gasteiger partial charge in [0.25, 0.3) is 0 Å². The third-order valence-corrected chi connectivity index (χ3v) is 4.01. The minimum absolute atomic E-state index is 0.0227. The van der Waals surface area contributed by atoms with Crippen LogP contribution in [0.3, 0.4) is 0 Å². The van der Waals surface area contributed by atoms with Crippen LogP contribution in [-0.2, 0) is 4.79 Å². The van der Waals surface area contributed by atoms with Crippen LogP contribution in [0.4, 0.5) is 4.79 Å². The highest BCUT2D eigenvalue weighted by Crippen LogP contribution is 2.23. The van der Waals surface area contributed by atoms with Crippen molar-refractivity contribution in [3.63, 3.8) is 0 Å². The number of amides is 2. The fraction of sp³-hybridized carbons (Fsp3) is 0.867. The van der Waals surface area contributed by atoms with E-state index < -0.39 is 11.9 Å². The first-order valence-electron chi connectivity index (χ1n) is 7.59. The molecular weight excluding hydrogens is 256 g/mol. The highest BCUT2D eigenvalue weighted by molar-refractivity contribution is 5.77. The van der Waals surface area contributed by atoms with Crippen LogP contribution in [0.5, 0.6) is 0 Å². The molecule has 1 saturated heterocycles. The van der Waals surface area contributed by atoms with Crippen molar-refractivity contribution in [1.29, 1.82) is 0 Å². The Kier molecular flexibility index (Phi) is 6.30. The van der Waals surface area contributed by atoms with Crippen molar-refractivity contribution in [1.82, 2.24) is 10.2 Å². The number of hydrogen-bond acceptors (Lipinski definition) is 2. The number of rotatable bonds is 6. The summed E-state index contributed by atoms with van der Waals surface area (Å²) in [6, 6.07) is 0.0121. The van der Waals surface area contributed by atoms with E-state index in [1.54, 1.807) is 4.90 Å². The molecule has 1 aliphatic heterocycles. The molecule has 0 aliphatic carbocycles. The Morgan fingerprint density at radius 2 is 1.90 bits per heavy atom. The van der Waals surface area contributed by atoms with Gasteiger partial charge in [0.05, 0.1) is 5.92 Å². The molecule has 1 aliphatic rings. The van der Waals surface area contributed by atoms with Crippen LogP contribution in [0, 0.1) is 17.8 Å². The zero-order valence-corrected chi connectivity index (χ0v) is 13.1. The van der Waals surface area contributed by atoms with Crippen molar-refractivity contribution in [2.75, 3.05) is 13.1 Å². The molecule has 0 spiro atoms. The average Bonchev–Trinajstić information content (AvgIpc) is 2.70. The molecule has 5 nitrogen and oxygen atoms in total. The topological polar surface area (TPSA) is 69.6 Å². The lowest BCUT2D eigenvalue weighted by molar-refractivity contribution is -0.142. The van der Waals surface area contributed by atoms with E-state index in [0.717, 1.165) is 12.8 Å². The Labute approximate surface area is 121 Å². The number of nitrogens with zero attached hydrogens (tertiary/aromatic N) is 1. The molecule has 1 rings (SSSR count). The number of urea groups is 1. The number of carboxylic acids is 1. The lowest BCUT2D eigenvalue weighted by atomic mass is 9.99. The fourth-order valence-corrected chi connectivity index (χ4v) is 2.66. The molecule has 1 fully saturated rings. The van der Waals surface area contributed by atoms with Crippen molar-refractivity contribution in [2.24, 2.45) is 17.8 Å². The molecule has 0 radical (unpaired) electrons. The van der Waals surface area contributed by atoms with Gasteiger partial charge in [-0.1, -0.05) is 33.6 Å². The molecule has 3 atom stereocenters. The Morgan fingerprint density at radius 3 is 2.40 bits per heavy atom. The van der Waals surface area contributed by atoms with Crippen LogP contribution in [0.1, 0.15) is 47.0 Å². The second kappa shape index (κ2) is 7.50. The molecule has 20 heavy (non-hydrogen) atoms. The summed E-state index contributed by atoms with van der Waals surface area (Å²) in [5.41, 5.74) is 0. The van der Waals surface area contributed by atoms with Crippen LogP contribution in [-0.4, -0.2) is 41.1 Å². The molecule has 2 amide bonds. The molecule has 2 N–H and O–H groups in total. The number of carbonyl (C=O) groups excluding carboxylic acids is 1. The van der Waals surface area contributed by atoms with Gasteiger partial charge in [-0.2, -0.15) is 0 Å². The second-order valence-electron chi connectivity index (χ2n) is 6.50. The van der Waals surface area contributed by atoms with E-state index in [1.165, 1.54) is 6.42 Å². The first-order chi connectivity index (χ1) is 9.31. The van der Waals surface area contributed by atoms with Crippen LogP contribution in [0.15, 0.2) is 0 Å². The summed E-state index contributed by atoms with van der Waals surface area (Å²) in [6.45, 7) is 9.13. The van der Waals surface area contributed by atoms with E-state index in [2.05, 4.69) is 19.2 Å². The molecule has 0 aromatic heterocycles. The van der Waals surface area contributed by atoms with E-state index in [1.807, 2.05) is 13.8 Å². The van der Waals surface area contributed by atoms with Crippen LogP contribution < -0.4 is 5.32 Å². The van der Waals surface area contributed by atoms with Gasteiger partial charge in [-0.15, -0.1) is 0 Å². The Hall–Kier alpha value is -1.26. The number of hydrogen-bond donors (Lipinski definition) is 2. The van der Waals surface area contributed by atoms with Gasteiger partial charge in [-0.3, -0.25) is 4.79 Å². The average molecular weight is 284 g/mol. The highest BCUT2D eigenvalue weighted by Gasteiger charge is 2.37. The first-order valence-corrected chi connectivity index (χ1v) is 7.59. The predicted octanol–water partition coefficient (Wildman–Crippen LogP) is 2.56. The standard InChI is InChI=1S/C15H28N2O3/c1-10(2)6-5-7-12(4)16-15(20)17-8-11(3)13(9-17)14(18)19/h10-13H,5-9H2,1-4H3,(H,16,20)(H,18,19)/t11-,12?,13-/m1/s1. The van der Waals surface area contributed by atoms with Gasteiger partial charge in [0.2, 0.25) is 0 Å². The lowest BCUT2D eigenvalue weighted by Crippen LogP contribution is -2.43. The van der Waals surface area contributed by atoms with Gasteiger partial charge in [-0.05, 0) is 25.2 Å². The number of carbonyl (C=O) groups is 2. The Balaban J connectivity index is 2.34. The van der Waals surface area contributed by atoms with Crippen molar-refractivity contribution >= 4 is 12.0 Å². The van der Waals surface area contributed by atoms with E-state index in [9.17, 15) is 9.59 Å². The lowest BCUT2D eigenvalue weighted by Gasteiger charge is -2.21. The molecule has 1 unspecified atom stereocenters. The van der Waals surface area contributed by atoms with Crippen LogP contribution in [0.2, 0.25) is 0 Å². The summed E-state index contributed by atoms with van der Waals surface area (Å²) in [4.78, 5) is 24.8. The van der Waals surface area contributed by atoms with E-state index >= 15 is 0 Å². The normalized spacial score (nSPS) is 23.9. The number of likely N-dealkylation sites (tertiary alicyclic amines) is 1. The van der Waals surface area contributed by atoms with Crippen LogP contribution >= 0.6 is 0 Å². The van der Waals surface area contributed by atoms with E-state index in [0.29, 0.717) is 19.0 Å². The van der Waals surface area contributed by atoms with Gasteiger partial charge in [0, 0.05) is 19.1 Å². The first kappa shape index (κ1) is 16.8. The van der Waals surface area contributed by atoms with Gasteiger partial charge in [0.1, 0.15) is 0 Å². The molecule has 0 bridgehead atoms. The molecule has 1 heterocycles. The SMILES string of the molecule is CC(C)CCCC(C)NC(=O)N1C[C@@H](C)[C@H](C(=O)O)C1. The number of carboxylic acid groups (broad SMARTS) is 1. The molecule has 0 aromatic carbocycles. The largest absolute Gasteiger partial charge is 0.481 e. The van der Waals surface area contributed by atoms with E-state index in [4.69, 9.17) is 5.11 Å². The smallest absolute Gasteiger partial charge is 0.317 e. The summed E-state index contributed by atoms with van der Waals surface area (Å²) in [6.07, 6.45) is 3.24. The summed E-state index contributed by atoms with van der Waals surface area (Å²) >= 11 is 0. The van der Waals surface area contributed by atoms with Crippen molar-refractivity contribution in [2.45, 2.75) is 53.0 Å². The molecule has 0 aromatic rings.